The number of amides is 2. The molecule has 0 atom stereocenters. The lowest BCUT2D eigenvalue weighted by Crippen LogP contribution is -2.38. The van der Waals surface area contributed by atoms with Gasteiger partial charge < -0.3 is 9.80 Å². The summed E-state index contributed by atoms with van der Waals surface area (Å²) in [5.41, 5.74) is 3.72. The Kier molecular flexibility index (Phi) is 7.51. The van der Waals surface area contributed by atoms with Crippen molar-refractivity contribution < 1.29 is 22.8 Å². The lowest BCUT2D eigenvalue weighted by molar-refractivity contribution is -0.137. The van der Waals surface area contributed by atoms with Gasteiger partial charge in [0.15, 0.2) is 0 Å². The highest BCUT2D eigenvalue weighted by Crippen LogP contribution is 2.45. The normalized spacial score (nSPS) is 16.9. The minimum absolute atomic E-state index is 0.0465. The number of hydrogen-bond donors (Lipinski definition) is 0. The third-order valence-electron chi connectivity index (χ3n) is 7.91. The zero-order valence-electron chi connectivity index (χ0n) is 23.3. The Bertz CT molecular complexity index is 1370. The standard InChI is InChI=1S/C33H35F3N2O2/c1-32(2,3)24-20-27(37-18-8-6-12-29(37)39)31(28(21-24)38-19-9-7-13-30(38)40)23-16-14-22(15-17-23)25-10-4-5-11-26(25)33(34,35)36/h4-5,10-11,14-17,20-21H,6-9,12-13,18-19H2,1-3H3. The van der Waals surface area contributed by atoms with Crippen molar-refractivity contribution in [3.05, 3.63) is 71.8 Å². The summed E-state index contributed by atoms with van der Waals surface area (Å²) in [6.07, 6.45) is -0.0920. The molecule has 2 aliphatic heterocycles. The zero-order chi connectivity index (χ0) is 28.7. The highest BCUT2D eigenvalue weighted by molar-refractivity contribution is 6.06. The monoisotopic (exact) mass is 548 g/mol. The summed E-state index contributed by atoms with van der Waals surface area (Å²) in [6, 6.07) is 16.7. The van der Waals surface area contributed by atoms with Crippen molar-refractivity contribution in [1.29, 1.82) is 0 Å². The molecule has 0 bridgehead atoms. The first-order valence-corrected chi connectivity index (χ1v) is 14.0. The van der Waals surface area contributed by atoms with Crippen LogP contribution in [0.3, 0.4) is 0 Å². The Balaban J connectivity index is 1.72. The van der Waals surface area contributed by atoms with E-state index in [4.69, 9.17) is 0 Å². The molecule has 0 N–H and O–H groups in total. The van der Waals surface area contributed by atoms with Crippen LogP contribution in [0.25, 0.3) is 22.3 Å². The van der Waals surface area contributed by atoms with Crippen molar-refractivity contribution >= 4 is 23.2 Å². The highest BCUT2D eigenvalue weighted by atomic mass is 19.4. The molecule has 2 aliphatic rings. The van der Waals surface area contributed by atoms with E-state index in [2.05, 4.69) is 32.9 Å². The van der Waals surface area contributed by atoms with E-state index in [1.807, 2.05) is 21.9 Å². The maximum atomic E-state index is 13.7. The van der Waals surface area contributed by atoms with Crippen molar-refractivity contribution in [3.8, 4) is 22.3 Å². The molecule has 0 aliphatic carbocycles. The number of hydrogen-bond acceptors (Lipinski definition) is 2. The van der Waals surface area contributed by atoms with Crippen molar-refractivity contribution in [3.63, 3.8) is 0 Å². The molecule has 3 aromatic carbocycles. The zero-order valence-corrected chi connectivity index (χ0v) is 23.3. The molecule has 0 saturated carbocycles. The maximum Gasteiger partial charge on any atom is 0.417 e. The van der Waals surface area contributed by atoms with Crippen LogP contribution in [0.4, 0.5) is 24.5 Å². The molecule has 2 saturated heterocycles. The van der Waals surface area contributed by atoms with E-state index in [0.29, 0.717) is 31.5 Å². The van der Waals surface area contributed by atoms with Gasteiger partial charge in [-0.15, -0.1) is 0 Å². The van der Waals surface area contributed by atoms with Gasteiger partial charge in [-0.25, -0.2) is 0 Å². The smallest absolute Gasteiger partial charge is 0.312 e. The van der Waals surface area contributed by atoms with Crippen LogP contribution in [-0.4, -0.2) is 24.9 Å². The molecule has 0 radical (unpaired) electrons. The first-order valence-electron chi connectivity index (χ1n) is 14.0. The topological polar surface area (TPSA) is 40.6 Å². The number of carbonyl (C=O) groups is 2. The van der Waals surface area contributed by atoms with Gasteiger partial charge in [0.05, 0.1) is 16.9 Å². The Hall–Kier alpha value is -3.61. The number of nitrogens with zero attached hydrogens (tertiary/aromatic N) is 2. The molecule has 3 aromatic rings. The predicted octanol–water partition coefficient (Wildman–Crippen LogP) is 8.37. The Labute approximate surface area is 233 Å². The minimum Gasteiger partial charge on any atom is -0.312 e. The number of carbonyl (C=O) groups excluding carboxylic acids is 2. The van der Waals surface area contributed by atoms with E-state index in [1.54, 1.807) is 18.2 Å². The molecule has 40 heavy (non-hydrogen) atoms. The summed E-state index contributed by atoms with van der Waals surface area (Å²) in [5.74, 6) is 0.0930. The van der Waals surface area contributed by atoms with E-state index in [-0.39, 0.29) is 22.8 Å². The lowest BCUT2D eigenvalue weighted by Gasteiger charge is -2.36. The molecular weight excluding hydrogens is 513 g/mol. The van der Waals surface area contributed by atoms with Crippen molar-refractivity contribution in [2.75, 3.05) is 22.9 Å². The molecule has 4 nitrogen and oxygen atoms in total. The molecule has 2 fully saturated rings. The summed E-state index contributed by atoms with van der Waals surface area (Å²) in [7, 11) is 0. The van der Waals surface area contributed by atoms with Gasteiger partial charge in [0, 0.05) is 31.5 Å². The Morgan fingerprint density at radius 1 is 0.675 bits per heavy atom. The second-order valence-electron chi connectivity index (χ2n) is 11.8. The second-order valence-corrected chi connectivity index (χ2v) is 11.8. The van der Waals surface area contributed by atoms with Crippen LogP contribution < -0.4 is 9.80 Å². The third kappa shape index (κ3) is 5.51. The van der Waals surface area contributed by atoms with Gasteiger partial charge in [0.25, 0.3) is 0 Å². The van der Waals surface area contributed by atoms with Gasteiger partial charge in [-0.05, 0) is 71.6 Å². The van der Waals surface area contributed by atoms with Crippen LogP contribution in [-0.2, 0) is 21.2 Å². The fourth-order valence-corrected chi connectivity index (χ4v) is 5.69. The summed E-state index contributed by atoms with van der Waals surface area (Å²) in [5, 5.41) is 0. The number of piperidine rings is 2. The van der Waals surface area contributed by atoms with E-state index in [0.717, 1.165) is 59.8 Å². The van der Waals surface area contributed by atoms with Crippen LogP contribution in [0.2, 0.25) is 0 Å². The molecule has 2 amide bonds. The summed E-state index contributed by atoms with van der Waals surface area (Å²) in [4.78, 5) is 30.1. The fraction of sp³-hybridized carbons (Fsp3) is 0.394. The predicted molar refractivity (Wildman–Crippen MR) is 153 cm³/mol. The van der Waals surface area contributed by atoms with Gasteiger partial charge in [0.1, 0.15) is 0 Å². The largest absolute Gasteiger partial charge is 0.417 e. The SMILES string of the molecule is CC(C)(C)c1cc(N2CCCCC2=O)c(-c2ccc(-c3ccccc3C(F)(F)F)cc2)c(N2CCCCC2=O)c1. The summed E-state index contributed by atoms with van der Waals surface area (Å²) >= 11 is 0. The summed E-state index contributed by atoms with van der Waals surface area (Å²) < 4.78 is 41.2. The first-order chi connectivity index (χ1) is 18.9. The van der Waals surface area contributed by atoms with Crippen LogP contribution >= 0.6 is 0 Å². The summed E-state index contributed by atoms with van der Waals surface area (Å²) in [6.45, 7) is 7.50. The van der Waals surface area contributed by atoms with E-state index in [1.165, 1.54) is 12.1 Å². The molecule has 0 spiro atoms. The van der Waals surface area contributed by atoms with Crippen LogP contribution in [0.15, 0.2) is 60.7 Å². The van der Waals surface area contributed by atoms with Gasteiger partial charge in [-0.1, -0.05) is 63.2 Å². The second kappa shape index (κ2) is 10.8. The molecule has 5 rings (SSSR count). The van der Waals surface area contributed by atoms with Crippen LogP contribution in [0.1, 0.15) is 70.4 Å². The third-order valence-corrected chi connectivity index (χ3v) is 7.91. The lowest BCUT2D eigenvalue weighted by atomic mass is 9.83. The number of anilines is 2. The van der Waals surface area contributed by atoms with Crippen molar-refractivity contribution in [1.82, 2.24) is 0 Å². The van der Waals surface area contributed by atoms with Gasteiger partial charge >= 0.3 is 6.18 Å². The molecule has 210 valence electrons. The molecule has 0 unspecified atom stereocenters. The number of benzene rings is 3. The van der Waals surface area contributed by atoms with Gasteiger partial charge in [-0.3, -0.25) is 9.59 Å². The molecular formula is C33H35F3N2O2. The van der Waals surface area contributed by atoms with E-state index >= 15 is 0 Å². The number of rotatable bonds is 4. The molecule has 0 aromatic heterocycles. The van der Waals surface area contributed by atoms with Gasteiger partial charge in [-0.2, -0.15) is 13.2 Å². The van der Waals surface area contributed by atoms with Crippen molar-refractivity contribution in [2.45, 2.75) is 70.9 Å². The quantitative estimate of drug-likeness (QED) is 0.329. The average Bonchev–Trinajstić information content (AvgIpc) is 2.92. The van der Waals surface area contributed by atoms with Gasteiger partial charge in [0.2, 0.25) is 11.8 Å². The van der Waals surface area contributed by atoms with E-state index < -0.39 is 11.7 Å². The molecule has 2 heterocycles. The fourth-order valence-electron chi connectivity index (χ4n) is 5.69. The highest BCUT2D eigenvalue weighted by Gasteiger charge is 2.34. The molecule has 7 heteroatoms. The number of halogens is 3. The maximum absolute atomic E-state index is 13.7. The van der Waals surface area contributed by atoms with Crippen molar-refractivity contribution in [2.24, 2.45) is 0 Å². The first kappa shape index (κ1) is 27.9. The van der Waals surface area contributed by atoms with Crippen LogP contribution in [0, 0.1) is 0 Å². The minimum atomic E-state index is -4.47. The number of alkyl halides is 3. The van der Waals surface area contributed by atoms with Crippen LogP contribution in [0.5, 0.6) is 0 Å². The van der Waals surface area contributed by atoms with E-state index in [9.17, 15) is 22.8 Å². The Morgan fingerprint density at radius 2 is 1.18 bits per heavy atom. The average molecular weight is 549 g/mol. The Morgan fingerprint density at radius 3 is 1.65 bits per heavy atom.